The van der Waals surface area contributed by atoms with Crippen molar-refractivity contribution in [1.29, 1.82) is 0 Å². The van der Waals surface area contributed by atoms with Gasteiger partial charge in [-0.25, -0.2) is 0 Å². The molecule has 2 N–H and O–H groups in total. The normalized spacial score (nSPS) is 14.3. The summed E-state index contributed by atoms with van der Waals surface area (Å²) in [5.74, 6) is 0. The third-order valence-electron chi connectivity index (χ3n) is 1.17. The molecular weight excluding hydrogens is 116 g/mol. The lowest BCUT2D eigenvalue weighted by molar-refractivity contribution is 0.0850. The third kappa shape index (κ3) is 4.39. The molecular formula is C6H16N2O. The fourth-order valence-electron chi connectivity index (χ4n) is 0.653. The zero-order valence-electron chi connectivity index (χ0n) is 6.42. The molecule has 0 spiro atoms. The van der Waals surface area contributed by atoms with E-state index in [1.165, 1.54) is 0 Å². The molecule has 3 nitrogen and oxygen atoms in total. The van der Waals surface area contributed by atoms with Crippen molar-refractivity contribution in [3.63, 3.8) is 0 Å². The van der Waals surface area contributed by atoms with E-state index >= 15 is 0 Å². The van der Waals surface area contributed by atoms with Crippen molar-refractivity contribution in [3.8, 4) is 0 Å². The Balaban J connectivity index is 3.31. The van der Waals surface area contributed by atoms with E-state index in [0.29, 0.717) is 6.54 Å². The maximum Gasteiger partial charge on any atom is 0.0819 e. The average molecular weight is 132 g/mol. The van der Waals surface area contributed by atoms with Crippen LogP contribution in [0.5, 0.6) is 0 Å². The van der Waals surface area contributed by atoms with Crippen LogP contribution in [0.2, 0.25) is 0 Å². The van der Waals surface area contributed by atoms with Crippen molar-refractivity contribution in [3.05, 3.63) is 0 Å². The van der Waals surface area contributed by atoms with Crippen LogP contribution in [0.15, 0.2) is 0 Å². The van der Waals surface area contributed by atoms with Gasteiger partial charge in [-0.15, -0.1) is 0 Å². The largest absolute Gasteiger partial charge is 0.379 e. The molecule has 0 aliphatic heterocycles. The molecule has 0 aromatic rings. The number of likely N-dealkylation sites (N-methyl/N-ethyl adjacent to an activating group) is 1. The zero-order valence-corrected chi connectivity index (χ0v) is 6.42. The van der Waals surface area contributed by atoms with Gasteiger partial charge in [0.1, 0.15) is 0 Å². The van der Waals surface area contributed by atoms with E-state index in [1.54, 1.807) is 7.11 Å². The van der Waals surface area contributed by atoms with Gasteiger partial charge in [0.05, 0.1) is 6.10 Å². The van der Waals surface area contributed by atoms with Crippen molar-refractivity contribution < 1.29 is 4.74 Å². The molecule has 1 unspecified atom stereocenters. The van der Waals surface area contributed by atoms with Crippen LogP contribution in [-0.2, 0) is 4.74 Å². The van der Waals surface area contributed by atoms with Crippen LogP contribution < -0.4 is 5.73 Å². The highest BCUT2D eigenvalue weighted by atomic mass is 16.5. The summed E-state index contributed by atoms with van der Waals surface area (Å²) in [5.41, 5.74) is 5.38. The van der Waals surface area contributed by atoms with Gasteiger partial charge in [-0.3, -0.25) is 0 Å². The number of methoxy groups -OCH3 is 1. The lowest BCUT2D eigenvalue weighted by atomic mass is 10.3. The van der Waals surface area contributed by atoms with Crippen LogP contribution in [0, 0.1) is 0 Å². The van der Waals surface area contributed by atoms with Gasteiger partial charge in [-0.2, -0.15) is 0 Å². The maximum absolute atomic E-state index is 5.38. The first-order valence-corrected chi connectivity index (χ1v) is 3.08. The number of nitrogens with zero attached hydrogens (tertiary/aromatic N) is 1. The molecule has 0 fully saturated rings. The van der Waals surface area contributed by atoms with Crippen LogP contribution in [-0.4, -0.2) is 45.3 Å². The maximum atomic E-state index is 5.38. The molecule has 0 bridgehead atoms. The Bertz CT molecular complexity index is 62.1. The van der Waals surface area contributed by atoms with Crippen molar-refractivity contribution >= 4 is 0 Å². The van der Waals surface area contributed by atoms with E-state index in [2.05, 4.69) is 4.90 Å². The molecule has 0 saturated heterocycles. The summed E-state index contributed by atoms with van der Waals surface area (Å²) in [6, 6.07) is 0. The third-order valence-corrected chi connectivity index (χ3v) is 1.17. The van der Waals surface area contributed by atoms with Gasteiger partial charge in [-0.05, 0) is 14.1 Å². The Kier molecular flexibility index (Phi) is 4.67. The predicted octanol–water partition coefficient (Wildman–Crippen LogP) is -0.478. The van der Waals surface area contributed by atoms with Gasteiger partial charge in [0.25, 0.3) is 0 Å². The average Bonchev–Trinajstić information content (AvgIpc) is 1.82. The number of hydrogen-bond acceptors (Lipinski definition) is 3. The Morgan fingerprint density at radius 3 is 2.22 bits per heavy atom. The van der Waals surface area contributed by atoms with Crippen LogP contribution >= 0.6 is 0 Å². The summed E-state index contributed by atoms with van der Waals surface area (Å²) in [6.07, 6.45) is 0.181. The second kappa shape index (κ2) is 4.73. The Morgan fingerprint density at radius 1 is 1.56 bits per heavy atom. The molecule has 1 atom stereocenters. The number of nitrogens with two attached hydrogens (primary N) is 1. The molecule has 0 aromatic heterocycles. The molecule has 0 radical (unpaired) electrons. The minimum absolute atomic E-state index is 0.181. The second-order valence-electron chi connectivity index (χ2n) is 2.36. The zero-order chi connectivity index (χ0) is 7.28. The molecule has 56 valence electrons. The van der Waals surface area contributed by atoms with E-state index in [9.17, 15) is 0 Å². The van der Waals surface area contributed by atoms with Gasteiger partial charge in [0.15, 0.2) is 0 Å². The summed E-state index contributed by atoms with van der Waals surface area (Å²) in [4.78, 5) is 2.06. The first-order chi connectivity index (χ1) is 4.20. The molecule has 0 heterocycles. The van der Waals surface area contributed by atoms with Crippen LogP contribution in [0.1, 0.15) is 0 Å². The minimum atomic E-state index is 0.181. The topological polar surface area (TPSA) is 38.5 Å². The first-order valence-electron chi connectivity index (χ1n) is 3.08. The molecule has 0 aliphatic rings. The Hall–Kier alpha value is -0.120. The molecule has 3 heteroatoms. The van der Waals surface area contributed by atoms with Gasteiger partial charge in [0, 0.05) is 20.2 Å². The van der Waals surface area contributed by atoms with E-state index in [1.807, 2.05) is 14.1 Å². The number of rotatable bonds is 4. The van der Waals surface area contributed by atoms with Crippen molar-refractivity contribution in [2.45, 2.75) is 6.10 Å². The SMILES string of the molecule is COC(CN)CN(C)C. The Morgan fingerprint density at radius 2 is 2.11 bits per heavy atom. The minimum Gasteiger partial charge on any atom is -0.379 e. The monoisotopic (exact) mass is 132 g/mol. The fraction of sp³-hybridized carbons (Fsp3) is 1.00. The fourth-order valence-corrected chi connectivity index (χ4v) is 0.653. The summed E-state index contributed by atoms with van der Waals surface area (Å²) >= 11 is 0. The van der Waals surface area contributed by atoms with Gasteiger partial charge in [-0.1, -0.05) is 0 Å². The van der Waals surface area contributed by atoms with E-state index in [0.717, 1.165) is 6.54 Å². The molecule has 9 heavy (non-hydrogen) atoms. The Labute approximate surface area is 56.8 Å². The summed E-state index contributed by atoms with van der Waals surface area (Å²) in [6.45, 7) is 1.49. The van der Waals surface area contributed by atoms with Crippen LogP contribution in [0.25, 0.3) is 0 Å². The summed E-state index contributed by atoms with van der Waals surface area (Å²) in [5, 5.41) is 0. The van der Waals surface area contributed by atoms with Crippen molar-refractivity contribution in [2.24, 2.45) is 5.73 Å². The van der Waals surface area contributed by atoms with Gasteiger partial charge >= 0.3 is 0 Å². The highest BCUT2D eigenvalue weighted by Crippen LogP contribution is 1.87. The lowest BCUT2D eigenvalue weighted by Crippen LogP contribution is -2.33. The second-order valence-corrected chi connectivity index (χ2v) is 2.36. The number of ether oxygens (including phenoxy) is 1. The molecule has 0 aliphatic carbocycles. The van der Waals surface area contributed by atoms with Crippen LogP contribution in [0.4, 0.5) is 0 Å². The smallest absolute Gasteiger partial charge is 0.0819 e. The standard InChI is InChI=1S/C6H16N2O/c1-8(2)5-6(4-7)9-3/h6H,4-5,7H2,1-3H3. The highest BCUT2D eigenvalue weighted by molar-refractivity contribution is 4.59. The van der Waals surface area contributed by atoms with Crippen molar-refractivity contribution in [1.82, 2.24) is 4.90 Å². The predicted molar refractivity (Wildman–Crippen MR) is 38.4 cm³/mol. The van der Waals surface area contributed by atoms with Gasteiger partial charge in [0.2, 0.25) is 0 Å². The quantitative estimate of drug-likeness (QED) is 0.561. The van der Waals surface area contributed by atoms with Crippen molar-refractivity contribution in [2.75, 3.05) is 34.3 Å². The summed E-state index contributed by atoms with van der Waals surface area (Å²) in [7, 11) is 5.68. The van der Waals surface area contributed by atoms with Crippen LogP contribution in [0.3, 0.4) is 0 Å². The van der Waals surface area contributed by atoms with E-state index < -0.39 is 0 Å². The lowest BCUT2D eigenvalue weighted by Gasteiger charge is -2.17. The molecule has 0 saturated carbocycles. The first kappa shape index (κ1) is 8.88. The highest BCUT2D eigenvalue weighted by Gasteiger charge is 2.03. The van der Waals surface area contributed by atoms with E-state index in [4.69, 9.17) is 10.5 Å². The summed E-state index contributed by atoms with van der Waals surface area (Å²) < 4.78 is 5.04. The molecule has 0 amide bonds. The number of hydrogen-bond donors (Lipinski definition) is 1. The molecule has 0 aromatic carbocycles. The molecule has 0 rings (SSSR count). The van der Waals surface area contributed by atoms with Gasteiger partial charge < -0.3 is 15.4 Å². The van der Waals surface area contributed by atoms with E-state index in [-0.39, 0.29) is 6.10 Å².